The van der Waals surface area contributed by atoms with Crippen LogP contribution in [0.15, 0.2) is 85.1 Å². The van der Waals surface area contributed by atoms with Gasteiger partial charge in [0.1, 0.15) is 19.3 Å². The van der Waals surface area contributed by atoms with E-state index in [1.165, 1.54) is 173 Å². The highest BCUT2D eigenvalue weighted by atomic mass is 31.2. The Morgan fingerprint density at radius 3 is 1.20 bits per heavy atom. The lowest BCUT2D eigenvalue weighted by Crippen LogP contribution is -2.47. The zero-order valence-electron chi connectivity index (χ0n) is 53.7. The lowest BCUT2D eigenvalue weighted by molar-refractivity contribution is -0.870. The largest absolute Gasteiger partial charge is 0.756 e. The van der Waals surface area contributed by atoms with Crippen LogP contribution in [0, 0.1) is 0 Å². The van der Waals surface area contributed by atoms with E-state index in [1.807, 2.05) is 33.3 Å². The molecule has 0 aliphatic carbocycles. The van der Waals surface area contributed by atoms with E-state index in [4.69, 9.17) is 13.8 Å². The molecule has 0 spiro atoms. The molecule has 0 heterocycles. The molecular weight excluding hydrogens is 1020 g/mol. The van der Waals surface area contributed by atoms with E-state index in [0.29, 0.717) is 17.4 Å². The summed E-state index contributed by atoms with van der Waals surface area (Å²) in [6, 6.07) is -0.914. The number of quaternary nitrogens is 1. The highest BCUT2D eigenvalue weighted by Gasteiger charge is 2.27. The predicted molar refractivity (Wildman–Crippen MR) is 348 cm³/mol. The molecule has 470 valence electrons. The van der Waals surface area contributed by atoms with Crippen LogP contribution in [0.25, 0.3) is 0 Å². The highest BCUT2D eigenvalue weighted by molar-refractivity contribution is 7.45. The van der Waals surface area contributed by atoms with Gasteiger partial charge in [-0.1, -0.05) is 292 Å². The zero-order valence-corrected chi connectivity index (χ0v) is 54.6. The SMILES string of the molecule is CC/C=C\C/C=C\C/C=C\C/C=C\C/C=C\C/C=C\CCCCC(=O)NC(COP(=O)([O-])OCC[N+](C)(C)C)C(/C=C/CCCCCCCCCCCCC)OC(=O)CCCCCCCCCCCCCCCCCCCCCCC. The zero-order chi connectivity index (χ0) is 59.3. The Labute approximate surface area is 501 Å². The molecule has 3 unspecified atom stereocenters. The third-order valence-corrected chi connectivity index (χ3v) is 15.8. The van der Waals surface area contributed by atoms with Gasteiger partial charge in [-0.3, -0.25) is 14.2 Å². The number of phosphoric acid groups is 1. The first-order valence-electron chi connectivity index (χ1n) is 33.9. The highest BCUT2D eigenvalue weighted by Crippen LogP contribution is 2.38. The number of carbonyl (C=O) groups excluding carboxylic acids is 2. The standard InChI is InChI=1S/C71H129N2O7P/c1-7-10-13-16-19-22-25-28-30-32-34-36-38-40-42-45-48-51-54-57-60-63-70(74)72-68(67-79-81(76,77)78-66-65-73(4,5)6)69(62-59-56-53-50-47-44-27-24-21-18-15-12-9-3)80-71(75)64-61-58-55-52-49-46-43-41-39-37-35-33-31-29-26-23-20-17-14-11-8-2/h10,13,19,22,28,30,34,36,40,42,48,51,59,62,68-69H,7-9,11-12,14-18,20-21,23-27,29,31-33,35,37-39,41,43-47,49-50,52-58,60-61,63-67H2,1-6H3,(H-,72,74,76,77)/b13-10-,22-19-,30-28-,36-34-,42-40-,51-48-,62-59+. The lowest BCUT2D eigenvalue weighted by Gasteiger charge is -2.30. The van der Waals surface area contributed by atoms with E-state index in [0.717, 1.165) is 89.9 Å². The summed E-state index contributed by atoms with van der Waals surface area (Å²) in [7, 11) is 1.16. The number of phosphoric ester groups is 1. The third-order valence-electron chi connectivity index (χ3n) is 14.8. The average Bonchev–Trinajstić information content (AvgIpc) is 3.44. The molecule has 0 aromatic carbocycles. The monoisotopic (exact) mass is 1150 g/mol. The van der Waals surface area contributed by atoms with E-state index in [-0.39, 0.29) is 31.3 Å². The number of esters is 1. The molecule has 0 fully saturated rings. The minimum absolute atomic E-state index is 0.0329. The normalized spacial score (nSPS) is 14.1. The van der Waals surface area contributed by atoms with Crippen LogP contribution in [0.5, 0.6) is 0 Å². The number of hydrogen-bond acceptors (Lipinski definition) is 7. The van der Waals surface area contributed by atoms with Gasteiger partial charge >= 0.3 is 5.97 Å². The maximum absolute atomic E-state index is 13.6. The average molecular weight is 1150 g/mol. The molecule has 0 aromatic heterocycles. The van der Waals surface area contributed by atoms with Crippen molar-refractivity contribution < 1.29 is 37.3 Å². The molecule has 1 N–H and O–H groups in total. The van der Waals surface area contributed by atoms with E-state index in [2.05, 4.69) is 99.0 Å². The van der Waals surface area contributed by atoms with Gasteiger partial charge in [0.25, 0.3) is 7.82 Å². The van der Waals surface area contributed by atoms with Gasteiger partial charge in [0.15, 0.2) is 0 Å². The number of hydrogen-bond donors (Lipinski definition) is 1. The van der Waals surface area contributed by atoms with Crippen molar-refractivity contribution >= 4 is 19.7 Å². The number of likely N-dealkylation sites (N-methyl/N-ethyl adjacent to an activating group) is 1. The van der Waals surface area contributed by atoms with Crippen molar-refractivity contribution in [3.63, 3.8) is 0 Å². The number of nitrogens with one attached hydrogen (secondary N) is 1. The molecular formula is C71H129N2O7P. The number of allylic oxidation sites excluding steroid dienone is 13. The Morgan fingerprint density at radius 1 is 0.444 bits per heavy atom. The van der Waals surface area contributed by atoms with Crippen molar-refractivity contribution in [2.24, 2.45) is 0 Å². The second-order valence-corrected chi connectivity index (χ2v) is 25.4. The van der Waals surface area contributed by atoms with Crippen LogP contribution in [0.3, 0.4) is 0 Å². The van der Waals surface area contributed by atoms with Gasteiger partial charge in [0.2, 0.25) is 5.91 Å². The van der Waals surface area contributed by atoms with Crippen LogP contribution in [-0.2, 0) is 27.9 Å². The summed E-state index contributed by atoms with van der Waals surface area (Å²) in [6.07, 6.45) is 79.9. The van der Waals surface area contributed by atoms with Crippen LogP contribution < -0.4 is 10.2 Å². The second kappa shape index (κ2) is 60.3. The fourth-order valence-corrected chi connectivity index (χ4v) is 10.4. The number of unbranched alkanes of at least 4 members (excludes halogenated alkanes) is 33. The van der Waals surface area contributed by atoms with E-state index < -0.39 is 26.6 Å². The minimum atomic E-state index is -4.72. The number of amides is 1. The molecule has 3 atom stereocenters. The molecule has 0 rings (SSSR count). The topological polar surface area (TPSA) is 114 Å². The van der Waals surface area contributed by atoms with Crippen LogP contribution in [0.2, 0.25) is 0 Å². The summed E-state index contributed by atoms with van der Waals surface area (Å²) in [5.74, 6) is -0.584. The number of carbonyl (C=O) groups is 2. The molecule has 9 nitrogen and oxygen atoms in total. The Hall–Kier alpha value is -2.81. The number of rotatable bonds is 61. The van der Waals surface area contributed by atoms with Gasteiger partial charge in [-0.15, -0.1) is 0 Å². The van der Waals surface area contributed by atoms with E-state index in [1.54, 1.807) is 0 Å². The Kier molecular flexibility index (Phi) is 58.2. The van der Waals surface area contributed by atoms with Crippen LogP contribution >= 0.6 is 7.82 Å². The van der Waals surface area contributed by atoms with Crippen molar-refractivity contribution in [2.75, 3.05) is 40.9 Å². The van der Waals surface area contributed by atoms with Crippen molar-refractivity contribution in [3.05, 3.63) is 85.1 Å². The maximum Gasteiger partial charge on any atom is 0.306 e. The number of ether oxygens (including phenoxy) is 1. The molecule has 0 bridgehead atoms. The summed E-state index contributed by atoms with van der Waals surface area (Å²) >= 11 is 0. The molecule has 0 radical (unpaired) electrons. The summed E-state index contributed by atoms with van der Waals surface area (Å²) in [5, 5.41) is 3.01. The summed E-state index contributed by atoms with van der Waals surface area (Å²) in [6.45, 7) is 6.73. The first-order valence-corrected chi connectivity index (χ1v) is 35.4. The molecule has 0 aliphatic rings. The Morgan fingerprint density at radius 2 is 0.790 bits per heavy atom. The molecule has 10 heteroatoms. The van der Waals surface area contributed by atoms with E-state index >= 15 is 0 Å². The van der Waals surface area contributed by atoms with Gasteiger partial charge in [-0.25, -0.2) is 0 Å². The van der Waals surface area contributed by atoms with E-state index in [9.17, 15) is 19.0 Å². The van der Waals surface area contributed by atoms with Crippen molar-refractivity contribution in [1.82, 2.24) is 5.32 Å². The third kappa shape index (κ3) is 61.6. The van der Waals surface area contributed by atoms with Crippen molar-refractivity contribution in [2.45, 2.75) is 315 Å². The first-order chi connectivity index (χ1) is 39.4. The van der Waals surface area contributed by atoms with Gasteiger partial charge in [-0.2, -0.15) is 0 Å². The fraction of sp³-hybridized carbons (Fsp3) is 0.775. The summed E-state index contributed by atoms with van der Waals surface area (Å²) in [5.41, 5.74) is 0. The molecule has 1 amide bonds. The van der Waals surface area contributed by atoms with Crippen molar-refractivity contribution in [1.29, 1.82) is 0 Å². The maximum atomic E-state index is 13.6. The molecule has 0 aromatic rings. The lowest BCUT2D eigenvalue weighted by atomic mass is 10.0. The second-order valence-electron chi connectivity index (χ2n) is 24.0. The smallest absolute Gasteiger partial charge is 0.306 e. The summed E-state index contributed by atoms with van der Waals surface area (Å²) < 4.78 is 30.4. The van der Waals surface area contributed by atoms with Crippen LogP contribution in [0.4, 0.5) is 0 Å². The molecule has 0 saturated heterocycles. The first kappa shape index (κ1) is 78.2. The molecule has 0 saturated carbocycles. The van der Waals surface area contributed by atoms with Gasteiger partial charge in [-0.05, 0) is 83.1 Å². The quantitative estimate of drug-likeness (QED) is 0.0212. The Balaban J connectivity index is 5.25. The molecule has 81 heavy (non-hydrogen) atoms. The molecule has 0 aliphatic heterocycles. The predicted octanol–water partition coefficient (Wildman–Crippen LogP) is 20.7. The minimum Gasteiger partial charge on any atom is -0.756 e. The van der Waals surface area contributed by atoms with Gasteiger partial charge < -0.3 is 28.5 Å². The van der Waals surface area contributed by atoms with Crippen LogP contribution in [0.1, 0.15) is 303 Å². The van der Waals surface area contributed by atoms with Gasteiger partial charge in [0.05, 0.1) is 33.8 Å². The fourth-order valence-electron chi connectivity index (χ4n) is 9.64. The summed E-state index contributed by atoms with van der Waals surface area (Å²) in [4.78, 5) is 40.1. The Bertz CT molecular complexity index is 1660. The van der Waals surface area contributed by atoms with Crippen LogP contribution in [-0.4, -0.2) is 69.4 Å². The van der Waals surface area contributed by atoms with Crippen molar-refractivity contribution in [3.8, 4) is 0 Å². The number of nitrogens with zero attached hydrogens (tertiary/aromatic N) is 1. The van der Waals surface area contributed by atoms with Gasteiger partial charge in [0, 0.05) is 12.8 Å².